The van der Waals surface area contributed by atoms with Crippen LogP contribution in [0.25, 0.3) is 0 Å². The molecule has 8 N–H and O–H groups in total. The molecule has 0 aromatic heterocycles. The summed E-state index contributed by atoms with van der Waals surface area (Å²) in [5, 5.41) is 32.1. The second-order valence-corrected chi connectivity index (χ2v) is 4.52. The number of hydrogen-bond donors (Lipinski definition) is 6. The van der Waals surface area contributed by atoms with E-state index in [0.29, 0.717) is 0 Å². The Morgan fingerprint density at radius 1 is 0.960 bits per heavy atom. The van der Waals surface area contributed by atoms with E-state index in [2.05, 4.69) is 16.4 Å². The fraction of sp³-hybridized carbons (Fsp3) is 0.467. The molecular weight excluding hydrogens is 334 g/mol. The largest absolute Gasteiger partial charge is 0.497 e. The summed E-state index contributed by atoms with van der Waals surface area (Å²) in [6.07, 6.45) is -1.20. The highest BCUT2D eigenvalue weighted by atomic mass is 16.5. The monoisotopic (exact) mass is 361 g/mol. The maximum Gasteiger partial charge on any atom is 0.402 e. The molecule has 1 rings (SSSR count). The molecule has 0 fully saturated rings. The number of hydrogen-bond acceptors (Lipinski definition) is 6. The van der Waals surface area contributed by atoms with Crippen LogP contribution in [-0.2, 0) is 0 Å². The molecule has 0 heterocycles. The summed E-state index contributed by atoms with van der Waals surface area (Å²) < 4.78 is 5.11. The molecule has 0 aliphatic rings. The van der Waals surface area contributed by atoms with Gasteiger partial charge < -0.3 is 41.5 Å². The average molecular weight is 361 g/mol. The molecule has 0 aliphatic carbocycles. The Kier molecular flexibility index (Phi) is 15.8. The predicted octanol–water partition coefficient (Wildman–Crippen LogP) is 0.513. The van der Waals surface area contributed by atoms with Gasteiger partial charge in [-0.25, -0.2) is 9.59 Å². The number of rotatable bonds is 8. The number of anilines is 1. The number of aliphatic hydroxyl groups excluding tert-OH is 2. The lowest BCUT2D eigenvalue weighted by molar-refractivity contribution is 0.204. The topological polar surface area (TPSA) is 180 Å². The Hall–Kier alpha value is -2.72. The van der Waals surface area contributed by atoms with Crippen LogP contribution in [0.3, 0.4) is 0 Å². The zero-order valence-electron chi connectivity index (χ0n) is 14.2. The van der Waals surface area contributed by atoms with Crippen LogP contribution in [0, 0.1) is 0 Å². The van der Waals surface area contributed by atoms with Crippen molar-refractivity contribution in [3.8, 4) is 5.75 Å². The maximum atomic E-state index is 8.87. The van der Waals surface area contributed by atoms with Crippen LogP contribution >= 0.6 is 0 Å². The van der Waals surface area contributed by atoms with E-state index in [0.717, 1.165) is 37.4 Å². The van der Waals surface area contributed by atoms with Gasteiger partial charge in [-0.05, 0) is 37.1 Å². The summed E-state index contributed by atoms with van der Waals surface area (Å²) in [5.41, 5.74) is 9.15. The van der Waals surface area contributed by atoms with Crippen LogP contribution in [0.15, 0.2) is 24.3 Å². The van der Waals surface area contributed by atoms with Crippen molar-refractivity contribution in [2.24, 2.45) is 11.5 Å². The highest BCUT2D eigenvalue weighted by Crippen LogP contribution is 2.19. The summed E-state index contributed by atoms with van der Waals surface area (Å²) in [5.74, 6) is 0.831. The van der Waals surface area contributed by atoms with Crippen LogP contribution in [-0.4, -0.2) is 66.0 Å². The third-order valence-electron chi connectivity index (χ3n) is 2.61. The lowest BCUT2D eigenvalue weighted by atomic mass is 10.2. The van der Waals surface area contributed by atoms with Crippen molar-refractivity contribution in [2.75, 3.05) is 38.3 Å². The minimum Gasteiger partial charge on any atom is -0.497 e. The average Bonchev–Trinajstić information content (AvgIpc) is 2.54. The first-order valence-electron chi connectivity index (χ1n) is 7.36. The number of carbonyl (C=O) groups is 2. The van der Waals surface area contributed by atoms with E-state index in [4.69, 9.17) is 34.8 Å². The minimum absolute atomic E-state index is 0.186. The fourth-order valence-corrected chi connectivity index (χ4v) is 1.69. The van der Waals surface area contributed by atoms with Crippen molar-refractivity contribution >= 4 is 17.9 Å². The van der Waals surface area contributed by atoms with Crippen molar-refractivity contribution in [1.82, 2.24) is 0 Å². The Morgan fingerprint density at radius 2 is 1.32 bits per heavy atom. The van der Waals surface area contributed by atoms with Crippen molar-refractivity contribution in [3.63, 3.8) is 0 Å². The van der Waals surface area contributed by atoms with Crippen molar-refractivity contribution in [1.29, 1.82) is 0 Å². The van der Waals surface area contributed by atoms with Gasteiger partial charge in [-0.3, -0.25) is 0 Å². The van der Waals surface area contributed by atoms with Gasteiger partial charge in [0.05, 0.1) is 7.11 Å². The maximum absolute atomic E-state index is 8.87. The number of aliphatic hydroxyl groups is 2. The Balaban J connectivity index is 0. The van der Waals surface area contributed by atoms with Crippen molar-refractivity contribution in [3.05, 3.63) is 24.3 Å². The van der Waals surface area contributed by atoms with Gasteiger partial charge in [0, 0.05) is 32.0 Å². The first kappa shape index (κ1) is 24.5. The molecule has 1 aromatic rings. The Labute approximate surface area is 146 Å². The van der Waals surface area contributed by atoms with E-state index >= 15 is 0 Å². The van der Waals surface area contributed by atoms with E-state index in [1.807, 2.05) is 24.3 Å². The Morgan fingerprint density at radius 3 is 1.60 bits per heavy atom. The highest BCUT2D eigenvalue weighted by Gasteiger charge is 2.05. The molecule has 0 bridgehead atoms. The minimum atomic E-state index is -1.33. The van der Waals surface area contributed by atoms with Gasteiger partial charge in [0.15, 0.2) is 0 Å². The van der Waals surface area contributed by atoms with Gasteiger partial charge >= 0.3 is 12.2 Å². The van der Waals surface area contributed by atoms with Crippen molar-refractivity contribution < 1.29 is 34.8 Å². The first-order valence-corrected chi connectivity index (χ1v) is 7.36. The summed E-state index contributed by atoms with van der Waals surface area (Å²) in [4.78, 5) is 19.7. The van der Waals surface area contributed by atoms with E-state index in [9.17, 15) is 0 Å². The molecule has 0 atom stereocenters. The standard InChI is InChI=1S/C13H21NO3.2CH3NO2/c1-17-13-6-4-12(5-7-13)14(8-2-10-15)9-3-11-16;2*2-1(3)4/h4-7,15-16H,2-3,8-11H2,1H3;2*2H2,(H,3,4). The summed E-state index contributed by atoms with van der Waals surface area (Å²) >= 11 is 0. The van der Waals surface area contributed by atoms with Gasteiger partial charge in [-0.15, -0.1) is 0 Å². The number of primary amides is 2. The summed E-state index contributed by atoms with van der Waals surface area (Å²) in [7, 11) is 1.64. The SMILES string of the molecule is COc1ccc(N(CCCO)CCCO)cc1.NC(=O)O.NC(=O)O. The van der Waals surface area contributed by atoms with Gasteiger partial charge in [-0.1, -0.05) is 0 Å². The lowest BCUT2D eigenvalue weighted by Gasteiger charge is -2.24. The molecule has 1 aromatic carbocycles. The molecule has 0 saturated carbocycles. The third kappa shape index (κ3) is 17.5. The van der Waals surface area contributed by atoms with Crippen LogP contribution in [0.4, 0.5) is 15.3 Å². The fourth-order valence-electron chi connectivity index (χ4n) is 1.69. The molecule has 25 heavy (non-hydrogen) atoms. The third-order valence-corrected chi connectivity index (χ3v) is 2.61. The van der Waals surface area contributed by atoms with Crippen LogP contribution in [0.1, 0.15) is 12.8 Å². The zero-order valence-corrected chi connectivity index (χ0v) is 14.2. The molecule has 0 spiro atoms. The van der Waals surface area contributed by atoms with Crippen LogP contribution < -0.4 is 21.1 Å². The van der Waals surface area contributed by atoms with E-state index in [1.54, 1.807) is 7.11 Å². The molecule has 10 nitrogen and oxygen atoms in total. The van der Waals surface area contributed by atoms with Gasteiger partial charge in [0.2, 0.25) is 0 Å². The molecule has 2 amide bonds. The summed E-state index contributed by atoms with van der Waals surface area (Å²) in [6, 6.07) is 7.82. The van der Waals surface area contributed by atoms with E-state index < -0.39 is 12.2 Å². The number of nitrogens with zero attached hydrogens (tertiary/aromatic N) is 1. The highest BCUT2D eigenvalue weighted by molar-refractivity contribution is 5.61. The number of methoxy groups -OCH3 is 1. The molecule has 10 heteroatoms. The van der Waals surface area contributed by atoms with Crippen LogP contribution in [0.5, 0.6) is 5.75 Å². The smallest absolute Gasteiger partial charge is 0.402 e. The normalized spacial score (nSPS) is 8.92. The van der Waals surface area contributed by atoms with Crippen molar-refractivity contribution in [2.45, 2.75) is 12.8 Å². The lowest BCUT2D eigenvalue weighted by Crippen LogP contribution is -2.26. The quantitative estimate of drug-likeness (QED) is 0.387. The number of nitrogens with two attached hydrogens (primary N) is 2. The predicted molar refractivity (Wildman–Crippen MR) is 93.0 cm³/mol. The number of ether oxygens (including phenoxy) is 1. The van der Waals surface area contributed by atoms with E-state index in [-0.39, 0.29) is 13.2 Å². The molecule has 0 saturated heterocycles. The molecule has 144 valence electrons. The first-order chi connectivity index (χ1) is 11.8. The molecule has 0 aliphatic heterocycles. The van der Waals surface area contributed by atoms with Gasteiger partial charge in [-0.2, -0.15) is 0 Å². The molecule has 0 unspecified atom stereocenters. The van der Waals surface area contributed by atoms with Crippen LogP contribution in [0.2, 0.25) is 0 Å². The molecule has 0 radical (unpaired) electrons. The van der Waals surface area contributed by atoms with Gasteiger partial charge in [0.25, 0.3) is 0 Å². The number of amides is 2. The Bertz CT molecular complexity index is 441. The molecular formula is C15H27N3O7. The number of benzene rings is 1. The number of carboxylic acid groups (broad SMARTS) is 2. The van der Waals surface area contributed by atoms with E-state index in [1.165, 1.54) is 0 Å². The second kappa shape index (κ2) is 16.1. The van der Waals surface area contributed by atoms with Gasteiger partial charge in [0.1, 0.15) is 5.75 Å². The zero-order chi connectivity index (χ0) is 19.7. The summed E-state index contributed by atoms with van der Waals surface area (Å²) in [6.45, 7) is 1.96. The second-order valence-electron chi connectivity index (χ2n) is 4.52.